The number of rotatable bonds is 7. The van der Waals surface area contributed by atoms with E-state index in [1.807, 2.05) is 6.07 Å². The molecule has 35 heavy (non-hydrogen) atoms. The van der Waals surface area contributed by atoms with Gasteiger partial charge in [-0.15, -0.1) is 0 Å². The van der Waals surface area contributed by atoms with Gasteiger partial charge in [-0.25, -0.2) is 4.98 Å². The minimum Gasteiger partial charge on any atom is -0.388 e. The lowest BCUT2D eigenvalue weighted by atomic mass is 10.1. The molecule has 0 aliphatic rings. The number of hydrogen-bond donors (Lipinski definition) is 2. The fourth-order valence-electron chi connectivity index (χ4n) is 4.01. The summed E-state index contributed by atoms with van der Waals surface area (Å²) in [7, 11) is 3.25. The summed E-state index contributed by atoms with van der Waals surface area (Å²) in [4.78, 5) is 31.3. The summed E-state index contributed by atoms with van der Waals surface area (Å²) in [6.45, 7) is 0. The van der Waals surface area contributed by atoms with Crippen LogP contribution in [-0.2, 0) is 17.4 Å². The molecule has 10 heteroatoms. The fourth-order valence-corrected chi connectivity index (χ4v) is 4.01. The third kappa shape index (κ3) is 4.59. The first-order valence-electron chi connectivity index (χ1n) is 10.8. The van der Waals surface area contributed by atoms with Crippen LogP contribution in [0.25, 0.3) is 28.1 Å². The maximum absolute atomic E-state index is 13.9. The molecule has 4 aromatic rings. The first-order chi connectivity index (χ1) is 16.8. The molecule has 2 aromatic carbocycles. The van der Waals surface area contributed by atoms with Crippen molar-refractivity contribution in [1.82, 2.24) is 19.9 Å². The zero-order valence-corrected chi connectivity index (χ0v) is 19.0. The molecule has 0 unspecified atom stereocenters. The molecule has 2 N–H and O–H groups in total. The van der Waals surface area contributed by atoms with Crippen LogP contribution in [0.1, 0.15) is 27.9 Å². The number of nitrogens with zero attached hydrogens (tertiary/aromatic N) is 3. The van der Waals surface area contributed by atoms with Gasteiger partial charge in [0.25, 0.3) is 5.91 Å². The summed E-state index contributed by atoms with van der Waals surface area (Å²) < 4.78 is 43.2. The number of carbonyl (C=O) groups excluding carboxylic acids is 2. The number of pyridine rings is 1. The lowest BCUT2D eigenvalue weighted by molar-refractivity contribution is -0.137. The highest BCUT2D eigenvalue weighted by atomic mass is 19.4. The quantitative estimate of drug-likeness (QED) is 0.376. The van der Waals surface area contributed by atoms with Crippen LogP contribution in [0.5, 0.6) is 0 Å². The summed E-state index contributed by atoms with van der Waals surface area (Å²) in [5, 5.41) is 5.61. The summed E-state index contributed by atoms with van der Waals surface area (Å²) in [6.07, 6.45) is -1.02. The van der Waals surface area contributed by atoms with Gasteiger partial charge in [-0.2, -0.15) is 13.2 Å². The number of alkyl halides is 3. The molecule has 0 radical (unpaired) electrons. The normalized spacial score (nSPS) is 11.5. The average molecular weight is 481 g/mol. The van der Waals surface area contributed by atoms with Crippen molar-refractivity contribution >= 4 is 28.9 Å². The van der Waals surface area contributed by atoms with E-state index in [0.29, 0.717) is 35.1 Å². The minimum atomic E-state index is -4.65. The van der Waals surface area contributed by atoms with E-state index in [-0.39, 0.29) is 17.3 Å². The largest absolute Gasteiger partial charge is 0.418 e. The van der Waals surface area contributed by atoms with Crippen LogP contribution >= 0.6 is 0 Å². The number of benzene rings is 2. The predicted octanol–water partition coefficient (Wildman–Crippen LogP) is 4.64. The molecule has 2 heterocycles. The van der Waals surface area contributed by atoms with Crippen molar-refractivity contribution in [3.8, 4) is 17.1 Å². The van der Waals surface area contributed by atoms with E-state index >= 15 is 0 Å². The molecule has 7 nitrogen and oxygen atoms in total. The summed E-state index contributed by atoms with van der Waals surface area (Å²) >= 11 is 0. The second-order valence-electron chi connectivity index (χ2n) is 7.77. The van der Waals surface area contributed by atoms with E-state index < -0.39 is 11.7 Å². The number of aldehydes is 1. The van der Waals surface area contributed by atoms with Crippen molar-refractivity contribution in [3.05, 3.63) is 71.5 Å². The Morgan fingerprint density at radius 3 is 2.60 bits per heavy atom. The molecule has 180 valence electrons. The van der Waals surface area contributed by atoms with Gasteiger partial charge in [0.05, 0.1) is 16.6 Å². The molecule has 0 atom stereocenters. The van der Waals surface area contributed by atoms with Crippen LogP contribution in [0.4, 0.5) is 18.9 Å². The number of nitrogens with one attached hydrogen (secondary N) is 2. The van der Waals surface area contributed by atoms with Crippen molar-refractivity contribution < 1.29 is 22.8 Å². The number of aromatic nitrogens is 3. The summed E-state index contributed by atoms with van der Waals surface area (Å²) in [6, 6.07) is 11.5. The first kappa shape index (κ1) is 23.9. The molecule has 1 amide bonds. The predicted molar refractivity (Wildman–Crippen MR) is 127 cm³/mol. The SMILES string of the molecule is CNC(=O)c1ccc2c(c1)nc(-c1ccncc1C(F)(F)F)n2-c1ccc(NC)c(CCC=O)c1. The fraction of sp³-hybridized carbons (Fsp3) is 0.200. The number of anilines is 1. The van der Waals surface area contributed by atoms with Gasteiger partial charge in [-0.05, 0) is 54.4 Å². The van der Waals surface area contributed by atoms with E-state index in [1.165, 1.54) is 25.4 Å². The second-order valence-corrected chi connectivity index (χ2v) is 7.77. The zero-order valence-electron chi connectivity index (χ0n) is 19.0. The zero-order chi connectivity index (χ0) is 25.2. The first-order valence-corrected chi connectivity index (χ1v) is 10.8. The van der Waals surface area contributed by atoms with Crippen molar-refractivity contribution in [2.45, 2.75) is 19.0 Å². The van der Waals surface area contributed by atoms with Crippen LogP contribution in [0.2, 0.25) is 0 Å². The highest BCUT2D eigenvalue weighted by Gasteiger charge is 2.35. The number of aryl methyl sites for hydroxylation is 1. The lowest BCUT2D eigenvalue weighted by Gasteiger charge is -2.16. The van der Waals surface area contributed by atoms with Gasteiger partial charge >= 0.3 is 6.18 Å². The van der Waals surface area contributed by atoms with Crippen molar-refractivity contribution in [1.29, 1.82) is 0 Å². The smallest absolute Gasteiger partial charge is 0.388 e. The number of carbonyl (C=O) groups is 2. The number of hydrogen-bond acceptors (Lipinski definition) is 5. The van der Waals surface area contributed by atoms with Crippen molar-refractivity contribution in [2.24, 2.45) is 0 Å². The Bertz CT molecular complexity index is 1410. The van der Waals surface area contributed by atoms with E-state index in [0.717, 1.165) is 23.7 Å². The van der Waals surface area contributed by atoms with Gasteiger partial charge in [-0.1, -0.05) is 0 Å². The standard InChI is InChI=1S/C25H22F3N5O2/c1-29-20-7-6-17(12-15(20)4-3-11-34)33-22-8-5-16(24(35)30-2)13-21(22)32-23(33)18-9-10-31-14-19(18)25(26,27)28/h5-14,29H,3-4H2,1-2H3,(H,30,35). The van der Waals surface area contributed by atoms with Gasteiger partial charge in [-0.3, -0.25) is 14.3 Å². The Labute approximate surface area is 199 Å². The van der Waals surface area contributed by atoms with E-state index in [2.05, 4.69) is 20.6 Å². The molecule has 4 rings (SSSR count). The summed E-state index contributed by atoms with van der Waals surface area (Å²) in [5.41, 5.74) is 2.36. The minimum absolute atomic E-state index is 0.0577. The van der Waals surface area contributed by atoms with E-state index in [4.69, 9.17) is 0 Å². The third-order valence-corrected chi connectivity index (χ3v) is 5.66. The number of halogens is 3. The van der Waals surface area contributed by atoms with Gasteiger partial charge in [0.2, 0.25) is 0 Å². The number of imidazole rings is 1. The lowest BCUT2D eigenvalue weighted by Crippen LogP contribution is -2.17. The van der Waals surface area contributed by atoms with Crippen LogP contribution in [0.15, 0.2) is 54.9 Å². The second kappa shape index (κ2) is 9.57. The van der Waals surface area contributed by atoms with Gasteiger partial charge in [0.1, 0.15) is 12.1 Å². The van der Waals surface area contributed by atoms with Crippen LogP contribution in [0, 0.1) is 0 Å². The summed E-state index contributed by atoms with van der Waals surface area (Å²) in [5.74, 6) is -0.278. The maximum Gasteiger partial charge on any atom is 0.418 e. The molecule has 0 aliphatic carbocycles. The topological polar surface area (TPSA) is 88.9 Å². The molecule has 0 bridgehead atoms. The van der Waals surface area contributed by atoms with E-state index in [9.17, 15) is 22.8 Å². The molecule has 2 aromatic heterocycles. The van der Waals surface area contributed by atoms with Crippen molar-refractivity contribution in [3.63, 3.8) is 0 Å². The van der Waals surface area contributed by atoms with Gasteiger partial charge in [0, 0.05) is 55.4 Å². The molecular formula is C25H22F3N5O2. The highest BCUT2D eigenvalue weighted by Crippen LogP contribution is 2.38. The van der Waals surface area contributed by atoms with Crippen LogP contribution in [0.3, 0.4) is 0 Å². The Hall–Kier alpha value is -4.21. The van der Waals surface area contributed by atoms with Crippen LogP contribution in [-0.4, -0.2) is 40.8 Å². The molecule has 0 saturated carbocycles. The van der Waals surface area contributed by atoms with E-state index in [1.54, 1.807) is 35.9 Å². The van der Waals surface area contributed by atoms with Crippen LogP contribution < -0.4 is 10.6 Å². The number of amides is 1. The molecule has 0 aliphatic heterocycles. The third-order valence-electron chi connectivity index (χ3n) is 5.66. The molecule has 0 saturated heterocycles. The Kier molecular flexibility index (Phi) is 6.54. The van der Waals surface area contributed by atoms with Gasteiger partial charge < -0.3 is 15.4 Å². The Morgan fingerprint density at radius 2 is 1.91 bits per heavy atom. The number of fused-ring (bicyclic) bond motifs is 1. The molecule has 0 spiro atoms. The Morgan fingerprint density at radius 1 is 1.11 bits per heavy atom. The molecule has 0 fully saturated rings. The van der Waals surface area contributed by atoms with Crippen molar-refractivity contribution in [2.75, 3.05) is 19.4 Å². The van der Waals surface area contributed by atoms with Gasteiger partial charge in [0.15, 0.2) is 0 Å². The average Bonchev–Trinajstić information content (AvgIpc) is 3.25. The molecular weight excluding hydrogens is 459 g/mol. The highest BCUT2D eigenvalue weighted by molar-refractivity contribution is 5.98. The Balaban J connectivity index is 2.03. The maximum atomic E-state index is 13.9. The monoisotopic (exact) mass is 481 g/mol.